The normalized spacial score (nSPS) is 14.7. The number of hydrogen-bond acceptors (Lipinski definition) is 4. The van der Waals surface area contributed by atoms with Gasteiger partial charge in [0.1, 0.15) is 18.4 Å². The summed E-state index contributed by atoms with van der Waals surface area (Å²) in [5.41, 5.74) is 0.371. The Hall–Kier alpha value is -2.06. The summed E-state index contributed by atoms with van der Waals surface area (Å²) in [6, 6.07) is 5.98. The first-order valence-electron chi connectivity index (χ1n) is 5.57. The van der Waals surface area contributed by atoms with Crippen LogP contribution < -0.4 is 4.74 Å². The van der Waals surface area contributed by atoms with Gasteiger partial charge in [0.25, 0.3) is 0 Å². The van der Waals surface area contributed by atoms with Crippen LogP contribution in [0.25, 0.3) is 0 Å². The maximum Gasteiger partial charge on any atom is 0.244 e. The molecule has 0 spiro atoms. The van der Waals surface area contributed by atoms with Gasteiger partial charge in [0.15, 0.2) is 0 Å². The van der Waals surface area contributed by atoms with E-state index in [1.54, 1.807) is 38.1 Å². The van der Waals surface area contributed by atoms with Crippen molar-refractivity contribution < 1.29 is 14.7 Å². The minimum Gasteiger partial charge on any atom is -0.594 e. The van der Waals surface area contributed by atoms with Gasteiger partial charge in [-0.1, -0.05) is 10.8 Å². The van der Waals surface area contributed by atoms with Crippen molar-refractivity contribution in [2.24, 2.45) is 5.11 Å². The highest BCUT2D eigenvalue weighted by Crippen LogP contribution is 2.18. The van der Waals surface area contributed by atoms with E-state index in [1.807, 2.05) is 0 Å². The summed E-state index contributed by atoms with van der Waals surface area (Å²) in [5, 5.41) is 24.7. The molecule has 1 aromatic carbocycles. The number of aliphatic hydroxyl groups is 1. The number of nitrogens with zero attached hydrogens (tertiary/aromatic N) is 2. The lowest BCUT2D eigenvalue weighted by atomic mass is 10.2. The zero-order chi connectivity index (χ0) is 13.5. The maximum atomic E-state index is 11.7. The highest BCUT2D eigenvalue weighted by Gasteiger charge is 2.12. The average molecular weight is 248 g/mol. The Labute approximate surface area is 106 Å². The second kappa shape index (κ2) is 6.62. The first kappa shape index (κ1) is 14.0. The third-order valence-corrected chi connectivity index (χ3v) is 2.36. The van der Waals surface area contributed by atoms with E-state index < -0.39 is 12.1 Å². The monoisotopic (exact) mass is 248 g/mol. The number of rotatable bonds is 5. The molecule has 2 atom stereocenters. The van der Waals surface area contributed by atoms with Crippen LogP contribution in [-0.2, 0) is 0 Å². The molecular weight excluding hydrogens is 232 g/mol. The zero-order valence-corrected chi connectivity index (χ0v) is 10.4. The SMILES string of the molecule is C#CCOc1ccc([N+]([O-])=N[C@@H](C)[C@@H](C)O)cc1. The van der Waals surface area contributed by atoms with Crippen molar-refractivity contribution in [1.82, 2.24) is 0 Å². The van der Waals surface area contributed by atoms with Gasteiger partial charge in [-0.05, 0) is 31.1 Å². The molecule has 0 radical (unpaired) electrons. The van der Waals surface area contributed by atoms with Crippen LogP contribution in [-0.4, -0.2) is 28.7 Å². The van der Waals surface area contributed by atoms with Gasteiger partial charge in [0.05, 0.1) is 6.10 Å². The fourth-order valence-electron chi connectivity index (χ4n) is 1.12. The second-order valence-corrected chi connectivity index (χ2v) is 3.86. The fraction of sp³-hybridized carbons (Fsp3) is 0.385. The molecule has 5 nitrogen and oxygen atoms in total. The number of benzene rings is 1. The molecule has 1 aromatic rings. The minimum absolute atomic E-state index is 0.184. The van der Waals surface area contributed by atoms with E-state index in [0.29, 0.717) is 16.3 Å². The Morgan fingerprint density at radius 3 is 2.56 bits per heavy atom. The van der Waals surface area contributed by atoms with E-state index in [4.69, 9.17) is 11.2 Å². The fourth-order valence-corrected chi connectivity index (χ4v) is 1.12. The van der Waals surface area contributed by atoms with Gasteiger partial charge in [-0.2, -0.15) is 0 Å². The summed E-state index contributed by atoms with van der Waals surface area (Å²) < 4.78 is 5.18. The van der Waals surface area contributed by atoms with Crippen LogP contribution in [0.5, 0.6) is 5.75 Å². The minimum atomic E-state index is -0.667. The summed E-state index contributed by atoms with van der Waals surface area (Å²) in [6.45, 7) is 3.43. The topological polar surface area (TPSA) is 67.9 Å². The molecule has 0 saturated carbocycles. The molecule has 0 aromatic heterocycles. The quantitative estimate of drug-likeness (QED) is 0.375. The summed E-state index contributed by atoms with van der Waals surface area (Å²) in [5.74, 6) is 2.94. The third-order valence-electron chi connectivity index (χ3n) is 2.36. The molecule has 18 heavy (non-hydrogen) atoms. The predicted octanol–water partition coefficient (Wildman–Crippen LogP) is 2.06. The number of hydrogen-bond donors (Lipinski definition) is 1. The van der Waals surface area contributed by atoms with Crippen LogP contribution in [0.4, 0.5) is 5.69 Å². The summed E-state index contributed by atoms with van der Waals surface area (Å²) in [4.78, 5) is 0.488. The average Bonchev–Trinajstić information content (AvgIpc) is 2.36. The first-order chi connectivity index (χ1) is 8.54. The summed E-state index contributed by atoms with van der Waals surface area (Å²) >= 11 is 0. The van der Waals surface area contributed by atoms with E-state index in [-0.39, 0.29) is 6.61 Å². The lowest BCUT2D eigenvalue weighted by Crippen LogP contribution is -2.18. The molecule has 0 saturated heterocycles. The summed E-state index contributed by atoms with van der Waals surface area (Å²) in [6.07, 6.45) is 4.40. The van der Waals surface area contributed by atoms with Gasteiger partial charge < -0.3 is 15.1 Å². The predicted molar refractivity (Wildman–Crippen MR) is 67.6 cm³/mol. The van der Waals surface area contributed by atoms with E-state index in [2.05, 4.69) is 11.0 Å². The van der Waals surface area contributed by atoms with Crippen molar-refractivity contribution in [1.29, 1.82) is 0 Å². The molecule has 1 rings (SSSR count). The molecule has 5 heteroatoms. The summed E-state index contributed by atoms with van der Waals surface area (Å²) in [7, 11) is 0. The van der Waals surface area contributed by atoms with E-state index in [0.717, 1.165) is 0 Å². The van der Waals surface area contributed by atoms with Gasteiger partial charge in [-0.25, -0.2) is 0 Å². The standard InChI is InChI=1S/C13H16N2O3/c1-4-9-18-13-7-5-12(6-8-13)15(17)14-10(2)11(3)16/h1,5-8,10-11,16H,9H2,2-3H3/t10-,11+/m0/s1. The van der Waals surface area contributed by atoms with Crippen molar-refractivity contribution in [3.05, 3.63) is 29.5 Å². The first-order valence-corrected chi connectivity index (χ1v) is 5.57. The van der Waals surface area contributed by atoms with E-state index >= 15 is 0 Å². The number of terminal acetylenes is 1. The highest BCUT2D eigenvalue weighted by molar-refractivity contribution is 5.36. The molecule has 0 aliphatic rings. The highest BCUT2D eigenvalue weighted by atomic mass is 16.5. The van der Waals surface area contributed by atoms with E-state index in [1.165, 1.54) is 0 Å². The van der Waals surface area contributed by atoms with Gasteiger partial charge in [0.2, 0.25) is 5.69 Å². The third kappa shape index (κ3) is 4.07. The van der Waals surface area contributed by atoms with Crippen molar-refractivity contribution >= 4 is 5.69 Å². The van der Waals surface area contributed by atoms with Crippen LogP contribution in [0.2, 0.25) is 0 Å². The second-order valence-electron chi connectivity index (χ2n) is 3.86. The van der Waals surface area contributed by atoms with Crippen molar-refractivity contribution in [2.45, 2.75) is 26.0 Å². The van der Waals surface area contributed by atoms with Crippen LogP contribution in [0.15, 0.2) is 29.4 Å². The van der Waals surface area contributed by atoms with Gasteiger partial charge in [-0.15, -0.1) is 6.42 Å². The lowest BCUT2D eigenvalue weighted by Gasteiger charge is -2.08. The van der Waals surface area contributed by atoms with Crippen molar-refractivity contribution in [2.75, 3.05) is 6.61 Å². The Bertz CT molecular complexity index is 446. The molecule has 0 amide bonds. The van der Waals surface area contributed by atoms with Gasteiger partial charge in [0, 0.05) is 12.1 Å². The molecule has 0 aliphatic carbocycles. The Morgan fingerprint density at radius 2 is 2.06 bits per heavy atom. The van der Waals surface area contributed by atoms with Crippen LogP contribution in [0.1, 0.15) is 13.8 Å². The molecule has 0 bridgehead atoms. The molecule has 0 aliphatic heterocycles. The molecule has 0 heterocycles. The Balaban J connectivity index is 2.76. The smallest absolute Gasteiger partial charge is 0.244 e. The van der Waals surface area contributed by atoms with Crippen molar-refractivity contribution in [3.8, 4) is 18.1 Å². The Morgan fingerprint density at radius 1 is 1.44 bits per heavy atom. The molecule has 0 unspecified atom stereocenters. The molecular formula is C13H16N2O3. The zero-order valence-electron chi connectivity index (χ0n) is 10.4. The number of ether oxygens (including phenoxy) is 1. The Kier molecular flexibility index (Phi) is 5.15. The van der Waals surface area contributed by atoms with Gasteiger partial charge >= 0.3 is 0 Å². The largest absolute Gasteiger partial charge is 0.594 e. The van der Waals surface area contributed by atoms with Crippen LogP contribution >= 0.6 is 0 Å². The maximum absolute atomic E-state index is 11.7. The molecule has 0 fully saturated rings. The van der Waals surface area contributed by atoms with E-state index in [9.17, 15) is 10.3 Å². The van der Waals surface area contributed by atoms with Crippen LogP contribution in [0.3, 0.4) is 0 Å². The molecule has 1 N–H and O–H groups in total. The van der Waals surface area contributed by atoms with Crippen LogP contribution in [0, 0.1) is 17.6 Å². The number of aliphatic hydroxyl groups excluding tert-OH is 1. The number of azo groups is 1. The van der Waals surface area contributed by atoms with Crippen molar-refractivity contribution in [3.63, 3.8) is 0 Å². The van der Waals surface area contributed by atoms with Gasteiger partial charge in [-0.3, -0.25) is 0 Å². The molecule has 96 valence electrons. The lowest BCUT2D eigenvalue weighted by molar-refractivity contribution is -0.447.